The number of likely N-dealkylation sites (tertiary alicyclic amines) is 1. The minimum Gasteiger partial charge on any atom is -0.298 e. The van der Waals surface area contributed by atoms with Gasteiger partial charge in [0.2, 0.25) is 0 Å². The molecule has 1 aromatic rings. The number of carbonyl (C=O) groups is 1. The number of rotatable bonds is 4. The molecule has 0 N–H and O–H groups in total. The molecule has 2 rings (SSSR count). The highest BCUT2D eigenvalue weighted by Crippen LogP contribution is 2.26. The summed E-state index contributed by atoms with van der Waals surface area (Å²) in [6.45, 7) is 3.03. The lowest BCUT2D eigenvalue weighted by Gasteiger charge is -2.34. The fourth-order valence-electron chi connectivity index (χ4n) is 2.64. The second kappa shape index (κ2) is 6.33. The Morgan fingerprint density at radius 1 is 1.50 bits per heavy atom. The molecule has 1 unspecified atom stereocenters. The van der Waals surface area contributed by atoms with E-state index in [0.717, 1.165) is 31.4 Å². The Morgan fingerprint density at radius 2 is 2.25 bits per heavy atom. The first-order valence-electron chi connectivity index (χ1n) is 6.66. The molecule has 0 amide bonds. The van der Waals surface area contributed by atoms with Crippen molar-refractivity contribution >= 4 is 23.1 Å². The largest absolute Gasteiger partial charge is 0.298 e. The van der Waals surface area contributed by atoms with Crippen LogP contribution in [0.25, 0.3) is 0 Å². The second-order valence-corrected chi connectivity index (χ2v) is 5.53. The third-order valence-corrected chi connectivity index (χ3v) is 4.06. The van der Waals surface area contributed by atoms with Crippen LogP contribution in [-0.4, -0.2) is 28.2 Å². The van der Waals surface area contributed by atoms with E-state index in [1.807, 2.05) is 0 Å². The molecule has 1 aliphatic rings. The smallest absolute Gasteiger partial charge is 0.270 e. The van der Waals surface area contributed by atoms with Gasteiger partial charge in [-0.3, -0.25) is 19.8 Å². The maximum atomic E-state index is 11.7. The number of Topliss-reactive ketones (excluding diaryl/α,β-unsaturated/α-hetero) is 1. The van der Waals surface area contributed by atoms with Gasteiger partial charge in [-0.1, -0.05) is 18.0 Å². The zero-order valence-corrected chi connectivity index (χ0v) is 12.1. The molecule has 1 aliphatic heterocycles. The van der Waals surface area contributed by atoms with Crippen LogP contribution in [0.3, 0.4) is 0 Å². The van der Waals surface area contributed by atoms with E-state index in [9.17, 15) is 14.9 Å². The van der Waals surface area contributed by atoms with Crippen LogP contribution in [0.5, 0.6) is 0 Å². The SMILES string of the molecule is CC(=O)C1CCCCN1Cc1ccc([N+](=O)[O-])cc1Cl. The van der Waals surface area contributed by atoms with Crippen molar-refractivity contribution in [2.24, 2.45) is 0 Å². The van der Waals surface area contributed by atoms with Gasteiger partial charge in [-0.2, -0.15) is 0 Å². The van der Waals surface area contributed by atoms with Crippen LogP contribution in [0, 0.1) is 10.1 Å². The lowest BCUT2D eigenvalue weighted by atomic mass is 9.98. The first-order chi connectivity index (χ1) is 9.49. The summed E-state index contributed by atoms with van der Waals surface area (Å²) >= 11 is 6.10. The Bertz CT molecular complexity index is 533. The summed E-state index contributed by atoms with van der Waals surface area (Å²) in [5, 5.41) is 11.1. The van der Waals surface area contributed by atoms with Crippen molar-refractivity contribution in [1.29, 1.82) is 0 Å². The van der Waals surface area contributed by atoms with Gasteiger partial charge in [0, 0.05) is 18.7 Å². The first-order valence-corrected chi connectivity index (χ1v) is 7.04. The van der Waals surface area contributed by atoms with Gasteiger partial charge in [0.15, 0.2) is 0 Å². The molecule has 1 saturated heterocycles. The van der Waals surface area contributed by atoms with Crippen LogP contribution >= 0.6 is 11.6 Å². The van der Waals surface area contributed by atoms with Crippen molar-refractivity contribution in [2.45, 2.75) is 38.8 Å². The van der Waals surface area contributed by atoms with E-state index in [-0.39, 0.29) is 17.5 Å². The lowest BCUT2D eigenvalue weighted by Crippen LogP contribution is -2.43. The number of nitro groups is 1. The lowest BCUT2D eigenvalue weighted by molar-refractivity contribution is -0.384. The predicted molar refractivity (Wildman–Crippen MR) is 76.8 cm³/mol. The van der Waals surface area contributed by atoms with E-state index in [0.29, 0.717) is 11.6 Å². The fraction of sp³-hybridized carbons (Fsp3) is 0.500. The Morgan fingerprint density at radius 3 is 2.85 bits per heavy atom. The zero-order chi connectivity index (χ0) is 14.7. The second-order valence-electron chi connectivity index (χ2n) is 5.13. The molecule has 0 saturated carbocycles. The van der Waals surface area contributed by atoms with E-state index < -0.39 is 4.92 Å². The molecule has 0 radical (unpaired) electrons. The van der Waals surface area contributed by atoms with Gasteiger partial charge in [0.25, 0.3) is 5.69 Å². The topological polar surface area (TPSA) is 63.5 Å². The highest BCUT2D eigenvalue weighted by Gasteiger charge is 2.26. The van der Waals surface area contributed by atoms with Crippen LogP contribution in [0.4, 0.5) is 5.69 Å². The molecule has 1 atom stereocenters. The highest BCUT2D eigenvalue weighted by atomic mass is 35.5. The van der Waals surface area contributed by atoms with Crippen molar-refractivity contribution in [3.05, 3.63) is 38.9 Å². The molecule has 6 heteroatoms. The Hall–Kier alpha value is -1.46. The minimum atomic E-state index is -0.463. The monoisotopic (exact) mass is 296 g/mol. The molecule has 0 bridgehead atoms. The molecular weight excluding hydrogens is 280 g/mol. The standard InChI is InChI=1S/C14H17ClN2O3/c1-10(18)14-4-2-3-7-16(14)9-11-5-6-12(17(19)20)8-13(11)15/h5-6,8,14H,2-4,7,9H2,1H3. The molecule has 5 nitrogen and oxygen atoms in total. The number of hydrogen-bond acceptors (Lipinski definition) is 4. The summed E-state index contributed by atoms with van der Waals surface area (Å²) in [4.78, 5) is 24.0. The Kier molecular flexibility index (Phi) is 4.73. The predicted octanol–water partition coefficient (Wildman–Crippen LogP) is 3.19. The van der Waals surface area contributed by atoms with Crippen LogP contribution < -0.4 is 0 Å². The number of benzene rings is 1. The van der Waals surface area contributed by atoms with E-state index >= 15 is 0 Å². The van der Waals surface area contributed by atoms with E-state index in [1.54, 1.807) is 13.0 Å². The average molecular weight is 297 g/mol. The molecule has 108 valence electrons. The molecule has 0 aromatic heterocycles. The van der Waals surface area contributed by atoms with E-state index in [2.05, 4.69) is 4.90 Å². The number of carbonyl (C=O) groups excluding carboxylic acids is 1. The van der Waals surface area contributed by atoms with Gasteiger partial charge in [0.1, 0.15) is 5.78 Å². The van der Waals surface area contributed by atoms with Crippen LogP contribution in [0.2, 0.25) is 5.02 Å². The summed E-state index contributed by atoms with van der Waals surface area (Å²) in [7, 11) is 0. The summed E-state index contributed by atoms with van der Waals surface area (Å²) in [5.41, 5.74) is 0.811. The fourth-order valence-corrected chi connectivity index (χ4v) is 2.87. The van der Waals surface area contributed by atoms with Crippen LogP contribution in [0.15, 0.2) is 18.2 Å². The number of halogens is 1. The third-order valence-electron chi connectivity index (χ3n) is 3.70. The maximum Gasteiger partial charge on any atom is 0.270 e. The van der Waals surface area contributed by atoms with Gasteiger partial charge >= 0.3 is 0 Å². The van der Waals surface area contributed by atoms with E-state index in [1.165, 1.54) is 12.1 Å². The summed E-state index contributed by atoms with van der Waals surface area (Å²) in [6, 6.07) is 4.43. The number of nitro benzene ring substituents is 1. The third kappa shape index (κ3) is 3.35. The van der Waals surface area contributed by atoms with Gasteiger partial charge in [-0.05, 0) is 37.9 Å². The summed E-state index contributed by atoms with van der Waals surface area (Å²) < 4.78 is 0. The number of piperidine rings is 1. The average Bonchev–Trinajstić information content (AvgIpc) is 2.41. The summed E-state index contributed by atoms with van der Waals surface area (Å²) in [6.07, 6.45) is 3.00. The molecule has 0 spiro atoms. The van der Waals surface area contributed by atoms with Gasteiger partial charge < -0.3 is 0 Å². The van der Waals surface area contributed by atoms with Crippen molar-refractivity contribution in [3.8, 4) is 0 Å². The highest BCUT2D eigenvalue weighted by molar-refractivity contribution is 6.31. The molecule has 1 aromatic carbocycles. The molecule has 1 heterocycles. The molecule has 0 aliphatic carbocycles. The Balaban J connectivity index is 2.16. The van der Waals surface area contributed by atoms with Crippen molar-refractivity contribution in [3.63, 3.8) is 0 Å². The number of non-ortho nitro benzene ring substituents is 1. The van der Waals surface area contributed by atoms with Crippen molar-refractivity contribution in [2.75, 3.05) is 6.54 Å². The number of ketones is 1. The Labute approximate surface area is 122 Å². The quantitative estimate of drug-likeness (QED) is 0.632. The van der Waals surface area contributed by atoms with Crippen LogP contribution in [0.1, 0.15) is 31.7 Å². The van der Waals surface area contributed by atoms with Crippen LogP contribution in [-0.2, 0) is 11.3 Å². The minimum absolute atomic E-state index is 0.0134. The normalized spacial score (nSPS) is 19.8. The zero-order valence-electron chi connectivity index (χ0n) is 11.3. The van der Waals surface area contributed by atoms with Gasteiger partial charge in [-0.15, -0.1) is 0 Å². The summed E-state index contributed by atoms with van der Waals surface area (Å²) in [5.74, 6) is 0.169. The molecule has 20 heavy (non-hydrogen) atoms. The molecular formula is C14H17ClN2O3. The van der Waals surface area contributed by atoms with Crippen molar-refractivity contribution in [1.82, 2.24) is 4.90 Å². The van der Waals surface area contributed by atoms with E-state index in [4.69, 9.17) is 11.6 Å². The van der Waals surface area contributed by atoms with Gasteiger partial charge in [0.05, 0.1) is 16.0 Å². The van der Waals surface area contributed by atoms with Gasteiger partial charge in [-0.25, -0.2) is 0 Å². The number of nitrogens with zero attached hydrogens (tertiary/aromatic N) is 2. The van der Waals surface area contributed by atoms with Crippen molar-refractivity contribution < 1.29 is 9.72 Å². The molecule has 1 fully saturated rings. The first kappa shape index (κ1) is 14.9. The maximum absolute atomic E-state index is 11.7. The number of hydrogen-bond donors (Lipinski definition) is 0.